The number of rotatable bonds is 3. The number of aromatic hydroxyl groups is 1. The van der Waals surface area contributed by atoms with Crippen LogP contribution in [-0.2, 0) is 21.4 Å². The standard InChI is InChI=1S/C17H15N3O4S/c1-11-2-4-13(9-18)14(6-11)7-12-3-5-15(16(21)8-12)20-10-17(22)19-25(20,23)24/h2-6,8,21H,7,10H2,1H3,(H,19,22). The summed E-state index contributed by atoms with van der Waals surface area (Å²) in [4.78, 5) is 11.3. The van der Waals surface area contributed by atoms with Crippen LogP contribution >= 0.6 is 0 Å². The van der Waals surface area contributed by atoms with E-state index in [1.165, 1.54) is 12.1 Å². The van der Waals surface area contributed by atoms with E-state index in [0.717, 1.165) is 21.0 Å². The number of phenolic OH excluding ortho intramolecular Hbond substituents is 1. The van der Waals surface area contributed by atoms with Crippen molar-refractivity contribution >= 4 is 21.8 Å². The Hall–Kier alpha value is -3.05. The number of aryl methyl sites for hydroxylation is 1. The molecule has 1 aliphatic rings. The first-order valence-electron chi connectivity index (χ1n) is 7.45. The van der Waals surface area contributed by atoms with Gasteiger partial charge in [0.15, 0.2) is 0 Å². The first-order valence-corrected chi connectivity index (χ1v) is 8.89. The van der Waals surface area contributed by atoms with Gasteiger partial charge in [0.05, 0.1) is 17.3 Å². The number of amides is 1. The molecule has 0 aliphatic carbocycles. The van der Waals surface area contributed by atoms with E-state index in [1.807, 2.05) is 23.8 Å². The molecule has 2 aromatic carbocycles. The zero-order valence-electron chi connectivity index (χ0n) is 13.4. The number of carbonyl (C=O) groups is 1. The number of phenols is 1. The highest BCUT2D eigenvalue weighted by Crippen LogP contribution is 2.32. The Morgan fingerprint density at radius 3 is 2.64 bits per heavy atom. The van der Waals surface area contributed by atoms with Crippen LogP contribution in [0.2, 0.25) is 0 Å². The van der Waals surface area contributed by atoms with Crippen LogP contribution in [0.15, 0.2) is 36.4 Å². The van der Waals surface area contributed by atoms with Crippen LogP contribution in [0.3, 0.4) is 0 Å². The SMILES string of the molecule is Cc1ccc(C#N)c(Cc2ccc(N3CC(=O)NS3(=O)=O)c(O)c2)c1. The van der Waals surface area contributed by atoms with Gasteiger partial charge in [-0.3, -0.25) is 4.79 Å². The molecule has 1 heterocycles. The summed E-state index contributed by atoms with van der Waals surface area (Å²) in [5, 5.41) is 19.4. The van der Waals surface area contributed by atoms with Gasteiger partial charge in [-0.25, -0.2) is 9.03 Å². The number of hydrogen-bond donors (Lipinski definition) is 2. The lowest BCUT2D eigenvalue weighted by atomic mass is 9.98. The molecule has 1 aliphatic heterocycles. The Morgan fingerprint density at radius 2 is 2.04 bits per heavy atom. The Labute approximate surface area is 145 Å². The zero-order chi connectivity index (χ0) is 18.2. The number of nitrogens with one attached hydrogen (secondary N) is 1. The first-order chi connectivity index (χ1) is 11.8. The zero-order valence-corrected chi connectivity index (χ0v) is 14.2. The topological polar surface area (TPSA) is 111 Å². The molecule has 2 aromatic rings. The molecule has 0 spiro atoms. The number of nitrogens with zero attached hydrogens (tertiary/aromatic N) is 2. The summed E-state index contributed by atoms with van der Waals surface area (Å²) in [7, 11) is -3.97. The van der Waals surface area contributed by atoms with Gasteiger partial charge in [0, 0.05) is 0 Å². The van der Waals surface area contributed by atoms with Crippen LogP contribution in [0.5, 0.6) is 5.75 Å². The van der Waals surface area contributed by atoms with Gasteiger partial charge in [-0.2, -0.15) is 13.7 Å². The summed E-state index contributed by atoms with van der Waals surface area (Å²) in [6, 6.07) is 12.2. The number of nitriles is 1. The molecular formula is C17H15N3O4S. The maximum absolute atomic E-state index is 11.9. The van der Waals surface area contributed by atoms with E-state index in [2.05, 4.69) is 6.07 Å². The van der Waals surface area contributed by atoms with Crippen molar-refractivity contribution in [1.29, 1.82) is 5.26 Å². The van der Waals surface area contributed by atoms with E-state index in [0.29, 0.717) is 12.0 Å². The fraction of sp³-hybridized carbons (Fsp3) is 0.176. The molecule has 0 unspecified atom stereocenters. The highest BCUT2D eigenvalue weighted by molar-refractivity contribution is 7.92. The van der Waals surface area contributed by atoms with Crippen molar-refractivity contribution < 1.29 is 18.3 Å². The van der Waals surface area contributed by atoms with Crippen molar-refractivity contribution in [1.82, 2.24) is 4.72 Å². The highest BCUT2D eigenvalue weighted by atomic mass is 32.2. The van der Waals surface area contributed by atoms with Gasteiger partial charge in [0.1, 0.15) is 12.3 Å². The van der Waals surface area contributed by atoms with Crippen molar-refractivity contribution in [2.24, 2.45) is 0 Å². The van der Waals surface area contributed by atoms with E-state index < -0.39 is 16.1 Å². The van der Waals surface area contributed by atoms with Gasteiger partial charge in [0.25, 0.3) is 5.91 Å². The van der Waals surface area contributed by atoms with Gasteiger partial charge in [-0.15, -0.1) is 0 Å². The minimum absolute atomic E-state index is 0.0341. The molecule has 8 heteroatoms. The average Bonchev–Trinajstić information content (AvgIpc) is 2.80. The van der Waals surface area contributed by atoms with Gasteiger partial charge in [-0.05, 0) is 42.7 Å². The van der Waals surface area contributed by atoms with E-state index >= 15 is 0 Å². The molecule has 0 aromatic heterocycles. The van der Waals surface area contributed by atoms with Crippen LogP contribution in [-0.4, -0.2) is 26.0 Å². The fourth-order valence-corrected chi connectivity index (χ4v) is 3.91. The molecule has 1 saturated heterocycles. The second-order valence-corrected chi connectivity index (χ2v) is 7.40. The maximum Gasteiger partial charge on any atom is 0.326 e. The van der Waals surface area contributed by atoms with Gasteiger partial charge in [0.2, 0.25) is 0 Å². The monoisotopic (exact) mass is 357 g/mol. The second-order valence-electron chi connectivity index (χ2n) is 5.81. The number of carbonyl (C=O) groups excluding carboxylic acids is 1. The van der Waals surface area contributed by atoms with Crippen LogP contribution in [0.25, 0.3) is 0 Å². The molecule has 7 nitrogen and oxygen atoms in total. The third kappa shape index (κ3) is 3.27. The Balaban J connectivity index is 1.93. The average molecular weight is 357 g/mol. The predicted octanol–water partition coefficient (Wildman–Crippen LogP) is 1.34. The van der Waals surface area contributed by atoms with Gasteiger partial charge in [-0.1, -0.05) is 23.8 Å². The molecule has 25 heavy (non-hydrogen) atoms. The molecule has 0 saturated carbocycles. The van der Waals surface area contributed by atoms with Gasteiger partial charge >= 0.3 is 10.2 Å². The number of benzene rings is 2. The normalized spacial score (nSPS) is 15.7. The van der Waals surface area contributed by atoms with Crippen molar-refractivity contribution in [3.05, 3.63) is 58.7 Å². The molecule has 3 rings (SSSR count). The Bertz CT molecular complexity index is 1010. The fourth-order valence-electron chi connectivity index (χ4n) is 2.75. The van der Waals surface area contributed by atoms with Crippen LogP contribution < -0.4 is 9.03 Å². The van der Waals surface area contributed by atoms with E-state index in [1.54, 1.807) is 12.1 Å². The third-order valence-corrected chi connectivity index (χ3v) is 5.30. The molecule has 0 bridgehead atoms. The van der Waals surface area contributed by atoms with Crippen molar-refractivity contribution in [2.75, 3.05) is 10.8 Å². The lowest BCUT2D eigenvalue weighted by Crippen LogP contribution is -2.29. The highest BCUT2D eigenvalue weighted by Gasteiger charge is 2.35. The van der Waals surface area contributed by atoms with Crippen LogP contribution in [0.1, 0.15) is 22.3 Å². The van der Waals surface area contributed by atoms with Crippen molar-refractivity contribution in [3.63, 3.8) is 0 Å². The number of hydrogen-bond acceptors (Lipinski definition) is 5. The smallest absolute Gasteiger partial charge is 0.326 e. The summed E-state index contributed by atoms with van der Waals surface area (Å²) in [5.74, 6) is -0.898. The quantitative estimate of drug-likeness (QED) is 0.861. The van der Waals surface area contributed by atoms with E-state index in [-0.39, 0.29) is 18.0 Å². The summed E-state index contributed by atoms with van der Waals surface area (Å²) in [6.07, 6.45) is 0.419. The van der Waals surface area contributed by atoms with Crippen LogP contribution in [0.4, 0.5) is 5.69 Å². The molecule has 128 valence electrons. The summed E-state index contributed by atoms with van der Waals surface area (Å²) in [6.45, 7) is 1.55. The molecular weight excluding hydrogens is 342 g/mol. The van der Waals surface area contributed by atoms with Crippen molar-refractivity contribution in [2.45, 2.75) is 13.3 Å². The maximum atomic E-state index is 11.9. The predicted molar refractivity (Wildman–Crippen MR) is 91.2 cm³/mol. The third-order valence-electron chi connectivity index (χ3n) is 3.90. The molecule has 1 amide bonds. The summed E-state index contributed by atoms with van der Waals surface area (Å²) >= 11 is 0. The molecule has 0 radical (unpaired) electrons. The summed E-state index contributed by atoms with van der Waals surface area (Å²) in [5.41, 5.74) is 3.14. The minimum atomic E-state index is -3.97. The lowest BCUT2D eigenvalue weighted by molar-refractivity contribution is -0.117. The van der Waals surface area contributed by atoms with Gasteiger partial charge < -0.3 is 5.11 Å². The number of anilines is 1. The minimum Gasteiger partial charge on any atom is -0.506 e. The second kappa shape index (κ2) is 6.11. The van der Waals surface area contributed by atoms with E-state index in [4.69, 9.17) is 0 Å². The van der Waals surface area contributed by atoms with Crippen molar-refractivity contribution in [3.8, 4) is 11.8 Å². The van der Waals surface area contributed by atoms with E-state index in [9.17, 15) is 23.6 Å². The lowest BCUT2D eigenvalue weighted by Gasteiger charge is -2.17. The molecule has 1 fully saturated rings. The molecule has 2 N–H and O–H groups in total. The summed E-state index contributed by atoms with van der Waals surface area (Å²) < 4.78 is 26.4. The first kappa shape index (κ1) is 16.8. The Morgan fingerprint density at radius 1 is 1.28 bits per heavy atom. The van der Waals surface area contributed by atoms with Crippen LogP contribution in [0, 0.1) is 18.3 Å². The largest absolute Gasteiger partial charge is 0.506 e. The molecule has 0 atom stereocenters. The Kier molecular flexibility index (Phi) is 4.10.